The Kier molecular flexibility index (Phi) is 6.19. The fraction of sp³-hybridized carbons (Fsp3) is 0.333. The van der Waals surface area contributed by atoms with Crippen molar-refractivity contribution in [3.63, 3.8) is 0 Å². The van der Waals surface area contributed by atoms with Crippen LogP contribution < -0.4 is 4.90 Å². The third-order valence-electron chi connectivity index (χ3n) is 5.13. The molecule has 0 amide bonds. The van der Waals surface area contributed by atoms with Crippen LogP contribution in [-0.4, -0.2) is 61.0 Å². The highest BCUT2D eigenvalue weighted by Gasteiger charge is 2.25. The van der Waals surface area contributed by atoms with Gasteiger partial charge in [-0.1, -0.05) is 5.16 Å². The minimum atomic E-state index is -3.71. The monoisotopic (exact) mass is 457 g/mol. The van der Waals surface area contributed by atoms with E-state index in [1.165, 1.54) is 26.2 Å². The van der Waals surface area contributed by atoms with Crippen LogP contribution in [0.15, 0.2) is 52.1 Å². The number of esters is 1. The Hall–Kier alpha value is -3.31. The molecular formula is C21H23N5O5S. The summed E-state index contributed by atoms with van der Waals surface area (Å²) in [6, 6.07) is 8.07. The Morgan fingerprint density at radius 2 is 2.00 bits per heavy atom. The van der Waals surface area contributed by atoms with E-state index >= 15 is 0 Å². The third kappa shape index (κ3) is 4.48. The molecule has 3 aromatic rings. The standard InChI is InChI=1S/C21H23N5O5S/c1-25(2)32(28,29)16-7-8-18(26-10-3-4-11-26)17(12-16)21(27)30-14-19-23-20(24-31-19)15-6-5-9-22-13-15/h5-9,12-13H,3-4,10-11,14H2,1-2H3. The van der Waals surface area contributed by atoms with Gasteiger partial charge in [0, 0.05) is 45.1 Å². The summed E-state index contributed by atoms with van der Waals surface area (Å²) in [7, 11) is -0.824. The highest BCUT2D eigenvalue weighted by atomic mass is 32.2. The summed E-state index contributed by atoms with van der Waals surface area (Å²) in [4.78, 5) is 23.3. The van der Waals surface area contributed by atoms with Gasteiger partial charge >= 0.3 is 5.97 Å². The normalized spacial score (nSPS) is 14.2. The van der Waals surface area contributed by atoms with Gasteiger partial charge in [0.15, 0.2) is 6.61 Å². The van der Waals surface area contributed by atoms with Crippen LogP contribution in [0.25, 0.3) is 11.4 Å². The average Bonchev–Trinajstić information content (AvgIpc) is 3.50. The predicted molar refractivity (Wildman–Crippen MR) is 115 cm³/mol. The quantitative estimate of drug-likeness (QED) is 0.492. The first kappa shape index (κ1) is 21.9. The topological polar surface area (TPSA) is 119 Å². The lowest BCUT2D eigenvalue weighted by Gasteiger charge is -2.22. The van der Waals surface area contributed by atoms with E-state index in [2.05, 4.69) is 20.0 Å². The Morgan fingerprint density at radius 1 is 1.22 bits per heavy atom. The number of anilines is 1. The second-order valence-electron chi connectivity index (χ2n) is 7.49. The van der Waals surface area contributed by atoms with E-state index in [0.29, 0.717) is 17.1 Å². The Balaban J connectivity index is 1.57. The summed E-state index contributed by atoms with van der Waals surface area (Å²) in [5.74, 6) is -0.207. The number of carbonyl (C=O) groups is 1. The van der Waals surface area contributed by atoms with Crippen molar-refractivity contribution >= 4 is 21.7 Å². The van der Waals surface area contributed by atoms with Gasteiger partial charge in [0.05, 0.1) is 16.1 Å². The first-order valence-electron chi connectivity index (χ1n) is 10.1. The number of benzene rings is 1. The maximum Gasteiger partial charge on any atom is 0.340 e. The zero-order chi connectivity index (χ0) is 22.7. The van der Waals surface area contributed by atoms with Crippen molar-refractivity contribution in [3.05, 3.63) is 54.2 Å². The highest BCUT2D eigenvalue weighted by molar-refractivity contribution is 7.89. The zero-order valence-corrected chi connectivity index (χ0v) is 18.6. The van der Waals surface area contributed by atoms with E-state index in [9.17, 15) is 13.2 Å². The Bertz CT molecular complexity index is 1200. The summed E-state index contributed by atoms with van der Waals surface area (Å²) in [6.07, 6.45) is 5.24. The van der Waals surface area contributed by atoms with Crippen LogP contribution in [0.1, 0.15) is 29.1 Å². The van der Waals surface area contributed by atoms with E-state index < -0.39 is 16.0 Å². The summed E-state index contributed by atoms with van der Waals surface area (Å²) in [6.45, 7) is 1.34. The molecule has 0 aliphatic carbocycles. The lowest BCUT2D eigenvalue weighted by atomic mass is 10.1. The van der Waals surface area contributed by atoms with E-state index in [4.69, 9.17) is 9.26 Å². The molecule has 0 spiro atoms. The maximum absolute atomic E-state index is 13.0. The van der Waals surface area contributed by atoms with Crippen molar-refractivity contribution in [1.29, 1.82) is 0 Å². The smallest absolute Gasteiger partial charge is 0.340 e. The minimum absolute atomic E-state index is 0.0223. The van der Waals surface area contributed by atoms with E-state index in [0.717, 1.165) is 30.2 Å². The number of sulfonamides is 1. The van der Waals surface area contributed by atoms with Gasteiger partial charge in [0.2, 0.25) is 15.8 Å². The fourth-order valence-electron chi connectivity index (χ4n) is 3.41. The molecule has 32 heavy (non-hydrogen) atoms. The number of hydrogen-bond donors (Lipinski definition) is 0. The Morgan fingerprint density at radius 3 is 2.69 bits per heavy atom. The molecule has 11 heteroatoms. The largest absolute Gasteiger partial charge is 0.452 e. The van der Waals surface area contributed by atoms with Crippen molar-refractivity contribution in [2.75, 3.05) is 32.1 Å². The minimum Gasteiger partial charge on any atom is -0.452 e. The molecule has 10 nitrogen and oxygen atoms in total. The fourth-order valence-corrected chi connectivity index (χ4v) is 4.34. The number of nitrogens with zero attached hydrogens (tertiary/aromatic N) is 5. The maximum atomic E-state index is 13.0. The summed E-state index contributed by atoms with van der Waals surface area (Å²) in [5.41, 5.74) is 1.50. The molecule has 0 radical (unpaired) electrons. The van der Waals surface area contributed by atoms with Gasteiger partial charge in [-0.2, -0.15) is 4.98 Å². The van der Waals surface area contributed by atoms with Crippen molar-refractivity contribution in [2.24, 2.45) is 0 Å². The SMILES string of the molecule is CN(C)S(=O)(=O)c1ccc(N2CCCC2)c(C(=O)OCc2nc(-c3cccnc3)no2)c1. The van der Waals surface area contributed by atoms with E-state index in [1.54, 1.807) is 30.6 Å². The van der Waals surface area contributed by atoms with Crippen LogP contribution in [0.5, 0.6) is 0 Å². The van der Waals surface area contributed by atoms with Crippen LogP contribution in [0.4, 0.5) is 5.69 Å². The molecule has 1 aromatic carbocycles. The lowest BCUT2D eigenvalue weighted by Crippen LogP contribution is -2.24. The van der Waals surface area contributed by atoms with Crippen molar-refractivity contribution in [2.45, 2.75) is 24.3 Å². The molecular weight excluding hydrogens is 434 g/mol. The van der Waals surface area contributed by atoms with Gasteiger partial charge in [-0.15, -0.1) is 0 Å². The average molecular weight is 458 g/mol. The molecule has 0 bridgehead atoms. The second kappa shape index (κ2) is 9.05. The van der Waals surface area contributed by atoms with Gasteiger partial charge < -0.3 is 14.2 Å². The molecule has 0 N–H and O–H groups in total. The van der Waals surface area contributed by atoms with Crippen LogP contribution in [0.3, 0.4) is 0 Å². The van der Waals surface area contributed by atoms with Gasteiger partial charge in [-0.3, -0.25) is 4.98 Å². The molecule has 1 aliphatic heterocycles. The summed E-state index contributed by atoms with van der Waals surface area (Å²) in [5, 5.41) is 3.87. The third-order valence-corrected chi connectivity index (χ3v) is 6.94. The van der Waals surface area contributed by atoms with E-state index in [-0.39, 0.29) is 23.0 Å². The van der Waals surface area contributed by atoms with E-state index in [1.807, 2.05) is 0 Å². The van der Waals surface area contributed by atoms with Crippen molar-refractivity contribution < 1.29 is 22.5 Å². The first-order chi connectivity index (χ1) is 15.4. The van der Waals surface area contributed by atoms with Crippen LogP contribution in [0, 0.1) is 0 Å². The van der Waals surface area contributed by atoms with Crippen LogP contribution in [-0.2, 0) is 21.4 Å². The molecule has 168 valence electrons. The zero-order valence-electron chi connectivity index (χ0n) is 17.8. The summed E-state index contributed by atoms with van der Waals surface area (Å²) >= 11 is 0. The molecule has 0 saturated carbocycles. The van der Waals surface area contributed by atoms with Crippen LogP contribution >= 0.6 is 0 Å². The number of pyridine rings is 1. The number of ether oxygens (including phenoxy) is 1. The molecule has 1 saturated heterocycles. The molecule has 0 atom stereocenters. The van der Waals surface area contributed by atoms with Gasteiger partial charge in [0.1, 0.15) is 0 Å². The van der Waals surface area contributed by atoms with Gasteiger partial charge in [-0.05, 0) is 43.2 Å². The number of carbonyl (C=O) groups excluding carboxylic acids is 1. The van der Waals surface area contributed by atoms with Gasteiger partial charge in [0.25, 0.3) is 5.89 Å². The van der Waals surface area contributed by atoms with Crippen LogP contribution in [0.2, 0.25) is 0 Å². The number of hydrogen-bond acceptors (Lipinski definition) is 9. The predicted octanol–water partition coefficient (Wildman–Crippen LogP) is 2.34. The molecule has 1 fully saturated rings. The molecule has 1 aliphatic rings. The van der Waals surface area contributed by atoms with Gasteiger partial charge in [-0.25, -0.2) is 17.5 Å². The molecule has 3 heterocycles. The molecule has 0 unspecified atom stereocenters. The highest BCUT2D eigenvalue weighted by Crippen LogP contribution is 2.29. The Labute approximate surface area is 185 Å². The lowest BCUT2D eigenvalue weighted by molar-refractivity contribution is 0.0430. The van der Waals surface area contributed by atoms with Crippen molar-refractivity contribution in [3.8, 4) is 11.4 Å². The first-order valence-corrected chi connectivity index (χ1v) is 11.5. The number of rotatable bonds is 7. The van der Waals surface area contributed by atoms with Crippen molar-refractivity contribution in [1.82, 2.24) is 19.4 Å². The molecule has 4 rings (SSSR count). The number of aromatic nitrogens is 3. The second-order valence-corrected chi connectivity index (χ2v) is 9.64. The summed E-state index contributed by atoms with van der Waals surface area (Å²) < 4.78 is 36.8. The molecule has 2 aromatic heterocycles.